The molecule has 0 atom stereocenters. The van der Waals surface area contributed by atoms with Crippen LogP contribution in [0, 0.1) is 12.8 Å². The molecule has 0 saturated heterocycles. The second-order valence-electron chi connectivity index (χ2n) is 4.35. The van der Waals surface area contributed by atoms with E-state index in [1.165, 1.54) is 0 Å². The van der Waals surface area contributed by atoms with E-state index in [0.29, 0.717) is 23.1 Å². The molecule has 5 heteroatoms. The molecule has 1 heterocycles. The summed E-state index contributed by atoms with van der Waals surface area (Å²) >= 11 is 5.96. The highest BCUT2D eigenvalue weighted by atomic mass is 35.5. The van der Waals surface area contributed by atoms with Crippen LogP contribution in [-0.4, -0.2) is 29.3 Å². The zero-order valence-corrected chi connectivity index (χ0v) is 11.5. The van der Waals surface area contributed by atoms with Crippen LogP contribution in [0.15, 0.2) is 0 Å². The van der Waals surface area contributed by atoms with Crippen LogP contribution in [0.1, 0.15) is 37.0 Å². The second-order valence-corrected chi connectivity index (χ2v) is 4.71. The molecular formula is C12H18ClN3O. The van der Waals surface area contributed by atoms with Crippen LogP contribution in [0.3, 0.4) is 0 Å². The third kappa shape index (κ3) is 3.40. The predicted molar refractivity (Wildman–Crippen MR) is 69.9 cm³/mol. The monoisotopic (exact) mass is 255 g/mol. The minimum atomic E-state index is 0.227. The normalized spacial score (nSPS) is 10.7. The molecule has 0 saturated carbocycles. The Kier molecular flexibility index (Phi) is 4.87. The van der Waals surface area contributed by atoms with Gasteiger partial charge in [-0.15, -0.1) is 0 Å². The summed E-state index contributed by atoms with van der Waals surface area (Å²) in [5.41, 5.74) is 0.375. The molecule has 4 nitrogen and oxygen atoms in total. The number of hydrogen-bond acceptors (Lipinski definition) is 4. The summed E-state index contributed by atoms with van der Waals surface area (Å²) in [4.78, 5) is 21.5. The van der Waals surface area contributed by atoms with Gasteiger partial charge < -0.3 is 4.90 Å². The molecule has 0 fully saturated rings. The smallest absolute Gasteiger partial charge is 0.156 e. The van der Waals surface area contributed by atoms with Crippen molar-refractivity contribution in [3.8, 4) is 0 Å². The highest BCUT2D eigenvalue weighted by Gasteiger charge is 2.17. The fourth-order valence-electron chi connectivity index (χ4n) is 1.68. The summed E-state index contributed by atoms with van der Waals surface area (Å²) in [5, 5.41) is 0.227. The predicted octanol–water partition coefficient (Wildman–Crippen LogP) is 2.73. The van der Waals surface area contributed by atoms with Gasteiger partial charge in [-0.3, -0.25) is 4.79 Å². The van der Waals surface area contributed by atoms with E-state index in [1.54, 1.807) is 6.92 Å². The zero-order valence-electron chi connectivity index (χ0n) is 10.7. The molecule has 1 aromatic rings. The lowest BCUT2D eigenvalue weighted by atomic mass is 10.2. The van der Waals surface area contributed by atoms with E-state index in [1.807, 2.05) is 6.92 Å². The van der Waals surface area contributed by atoms with E-state index in [-0.39, 0.29) is 5.15 Å². The van der Waals surface area contributed by atoms with Crippen molar-refractivity contribution in [2.24, 2.45) is 5.92 Å². The van der Waals surface area contributed by atoms with Crippen LogP contribution < -0.4 is 4.90 Å². The average Bonchev–Trinajstić information content (AvgIpc) is 2.24. The van der Waals surface area contributed by atoms with Crippen molar-refractivity contribution < 1.29 is 4.79 Å². The lowest BCUT2D eigenvalue weighted by molar-refractivity contribution is 0.112. The first-order valence-corrected chi connectivity index (χ1v) is 6.11. The number of carbonyl (C=O) groups excluding carboxylic acids is 1. The van der Waals surface area contributed by atoms with E-state index in [4.69, 9.17) is 11.6 Å². The molecular weight excluding hydrogens is 238 g/mol. The van der Waals surface area contributed by atoms with Gasteiger partial charge in [0.05, 0.1) is 5.56 Å². The number of aryl methyl sites for hydroxylation is 1. The van der Waals surface area contributed by atoms with E-state index >= 15 is 0 Å². The molecule has 0 amide bonds. The number of halogens is 1. The SMILES string of the molecule is CCN(CC(C)C)c1nc(C)nc(Cl)c1C=O. The molecule has 0 unspecified atom stereocenters. The van der Waals surface area contributed by atoms with Crippen molar-refractivity contribution in [2.45, 2.75) is 27.7 Å². The Morgan fingerprint density at radius 3 is 2.53 bits per heavy atom. The summed E-state index contributed by atoms with van der Waals surface area (Å²) in [6.07, 6.45) is 0.722. The van der Waals surface area contributed by atoms with Crippen LogP contribution in [0.25, 0.3) is 0 Å². The lowest BCUT2D eigenvalue weighted by Gasteiger charge is -2.25. The molecule has 94 valence electrons. The zero-order chi connectivity index (χ0) is 13.0. The molecule has 0 aromatic carbocycles. The number of aromatic nitrogens is 2. The summed E-state index contributed by atoms with van der Waals surface area (Å²) < 4.78 is 0. The lowest BCUT2D eigenvalue weighted by Crippen LogP contribution is -2.29. The number of nitrogens with zero attached hydrogens (tertiary/aromatic N) is 3. The molecule has 0 bridgehead atoms. The highest BCUT2D eigenvalue weighted by Crippen LogP contribution is 2.23. The van der Waals surface area contributed by atoms with Crippen molar-refractivity contribution >= 4 is 23.7 Å². The summed E-state index contributed by atoms with van der Waals surface area (Å²) in [7, 11) is 0. The van der Waals surface area contributed by atoms with Crippen molar-refractivity contribution in [3.05, 3.63) is 16.5 Å². The van der Waals surface area contributed by atoms with E-state index < -0.39 is 0 Å². The largest absolute Gasteiger partial charge is 0.356 e. The van der Waals surface area contributed by atoms with Crippen LogP contribution in [-0.2, 0) is 0 Å². The standard InChI is InChI=1S/C12H18ClN3O/c1-5-16(6-8(2)3)12-10(7-17)11(13)14-9(4)15-12/h7-8H,5-6H2,1-4H3. The van der Waals surface area contributed by atoms with Crippen molar-refractivity contribution in [1.29, 1.82) is 0 Å². The topological polar surface area (TPSA) is 46.1 Å². The number of carbonyl (C=O) groups is 1. The first-order valence-electron chi connectivity index (χ1n) is 5.73. The Hall–Kier alpha value is -1.16. The van der Waals surface area contributed by atoms with E-state index in [0.717, 1.165) is 19.4 Å². The number of rotatable bonds is 5. The maximum Gasteiger partial charge on any atom is 0.156 e. The molecule has 17 heavy (non-hydrogen) atoms. The van der Waals surface area contributed by atoms with Gasteiger partial charge in [-0.05, 0) is 19.8 Å². The third-order valence-corrected chi connectivity index (χ3v) is 2.66. The van der Waals surface area contributed by atoms with Crippen LogP contribution >= 0.6 is 11.6 Å². The fraction of sp³-hybridized carbons (Fsp3) is 0.583. The van der Waals surface area contributed by atoms with Gasteiger partial charge in [0.2, 0.25) is 0 Å². The molecule has 0 aliphatic carbocycles. The maximum absolute atomic E-state index is 11.1. The maximum atomic E-state index is 11.1. The molecule has 1 rings (SSSR count). The van der Waals surface area contributed by atoms with Crippen LogP contribution in [0.4, 0.5) is 5.82 Å². The van der Waals surface area contributed by atoms with Crippen LogP contribution in [0.2, 0.25) is 5.15 Å². The van der Waals surface area contributed by atoms with E-state index in [9.17, 15) is 4.79 Å². The second kappa shape index (κ2) is 5.96. The Labute approximate surface area is 107 Å². The molecule has 0 spiro atoms. The molecule has 0 radical (unpaired) electrons. The summed E-state index contributed by atoms with van der Waals surface area (Å²) in [5.74, 6) is 1.70. The van der Waals surface area contributed by atoms with Gasteiger partial charge in [0, 0.05) is 13.1 Å². The molecule has 1 aromatic heterocycles. The fourth-order valence-corrected chi connectivity index (χ4v) is 1.93. The number of anilines is 1. The van der Waals surface area contributed by atoms with Crippen LogP contribution in [0.5, 0.6) is 0 Å². The summed E-state index contributed by atoms with van der Waals surface area (Å²) in [6, 6.07) is 0. The Morgan fingerprint density at radius 1 is 1.41 bits per heavy atom. The van der Waals surface area contributed by atoms with Gasteiger partial charge in [-0.2, -0.15) is 0 Å². The third-order valence-electron chi connectivity index (χ3n) is 2.38. The average molecular weight is 256 g/mol. The summed E-state index contributed by atoms with van der Waals surface area (Å²) in [6.45, 7) is 9.67. The number of aldehydes is 1. The first-order chi connectivity index (χ1) is 7.99. The van der Waals surface area contributed by atoms with Gasteiger partial charge in [0.25, 0.3) is 0 Å². The highest BCUT2D eigenvalue weighted by molar-refractivity contribution is 6.32. The van der Waals surface area contributed by atoms with Crippen molar-refractivity contribution in [2.75, 3.05) is 18.0 Å². The molecule has 0 N–H and O–H groups in total. The Balaban J connectivity index is 3.21. The van der Waals surface area contributed by atoms with Crippen molar-refractivity contribution in [3.63, 3.8) is 0 Å². The number of hydrogen-bond donors (Lipinski definition) is 0. The van der Waals surface area contributed by atoms with Gasteiger partial charge >= 0.3 is 0 Å². The van der Waals surface area contributed by atoms with E-state index in [2.05, 4.69) is 28.7 Å². The van der Waals surface area contributed by atoms with Gasteiger partial charge in [-0.25, -0.2) is 9.97 Å². The van der Waals surface area contributed by atoms with Gasteiger partial charge in [0.15, 0.2) is 6.29 Å². The minimum absolute atomic E-state index is 0.227. The Bertz CT molecular complexity index is 407. The Morgan fingerprint density at radius 2 is 2.06 bits per heavy atom. The van der Waals surface area contributed by atoms with Gasteiger partial charge in [0.1, 0.15) is 16.8 Å². The quantitative estimate of drug-likeness (QED) is 0.600. The first kappa shape index (κ1) is 13.9. The minimum Gasteiger partial charge on any atom is -0.356 e. The molecule has 0 aliphatic heterocycles. The van der Waals surface area contributed by atoms with Gasteiger partial charge in [-0.1, -0.05) is 25.4 Å². The molecule has 0 aliphatic rings. The van der Waals surface area contributed by atoms with Crippen molar-refractivity contribution in [1.82, 2.24) is 9.97 Å².